The Labute approximate surface area is 53.1 Å². The van der Waals surface area contributed by atoms with Gasteiger partial charge in [0.2, 0.25) is 0 Å². The number of carbonyl (C=O) groups excluding carboxylic acids is 1. The number of hydrogen-bond donors (Lipinski definition) is 0. The van der Waals surface area contributed by atoms with Gasteiger partial charge in [0.25, 0.3) is 0 Å². The lowest BCUT2D eigenvalue weighted by atomic mass is 10.4. The van der Waals surface area contributed by atoms with Crippen LogP contribution in [0.15, 0.2) is 11.6 Å². The van der Waals surface area contributed by atoms with Crippen molar-refractivity contribution in [3.8, 4) is 0 Å². The minimum absolute atomic E-state index is 0.0953. The third-order valence-electron chi connectivity index (χ3n) is 0.564. The van der Waals surface area contributed by atoms with Gasteiger partial charge >= 0.3 is 5.97 Å². The third kappa shape index (κ3) is 3.68. The Morgan fingerprint density at radius 2 is 2.38 bits per heavy atom. The standard InChI is InChI=1S/C5H7ClO2/c1-4(6)3-5(7)8-2/h1,3H2,2H3. The summed E-state index contributed by atoms with van der Waals surface area (Å²) in [6, 6.07) is 0. The molecule has 0 fully saturated rings. The molecule has 0 amide bonds. The largest absolute Gasteiger partial charge is 0.469 e. The molecule has 0 saturated heterocycles. The van der Waals surface area contributed by atoms with Crippen molar-refractivity contribution in [3.05, 3.63) is 11.6 Å². The van der Waals surface area contributed by atoms with E-state index < -0.39 is 0 Å². The Morgan fingerprint density at radius 1 is 1.88 bits per heavy atom. The van der Waals surface area contributed by atoms with Crippen LogP contribution in [0.3, 0.4) is 0 Å². The SMILES string of the molecule is C=C(Cl)CC(=O)OC. The number of hydrogen-bond acceptors (Lipinski definition) is 2. The summed E-state index contributed by atoms with van der Waals surface area (Å²) < 4.78 is 4.28. The lowest BCUT2D eigenvalue weighted by Crippen LogP contribution is -1.98. The number of halogens is 1. The normalized spacial score (nSPS) is 8.25. The van der Waals surface area contributed by atoms with Crippen molar-refractivity contribution in [1.82, 2.24) is 0 Å². The van der Waals surface area contributed by atoms with Crippen LogP contribution >= 0.6 is 11.6 Å². The molecule has 0 aliphatic carbocycles. The van der Waals surface area contributed by atoms with Gasteiger partial charge in [0.15, 0.2) is 0 Å². The molecule has 0 heterocycles. The molecule has 0 aromatic carbocycles. The van der Waals surface area contributed by atoms with Crippen LogP contribution < -0.4 is 0 Å². The Kier molecular flexibility index (Phi) is 3.28. The first kappa shape index (κ1) is 7.50. The minimum Gasteiger partial charge on any atom is -0.469 e. The first-order valence-electron chi connectivity index (χ1n) is 2.07. The highest BCUT2D eigenvalue weighted by molar-refractivity contribution is 6.30. The second-order valence-corrected chi connectivity index (χ2v) is 1.80. The van der Waals surface area contributed by atoms with Gasteiger partial charge in [-0.15, -0.1) is 0 Å². The van der Waals surface area contributed by atoms with Crippen LogP contribution in [-0.2, 0) is 9.53 Å². The van der Waals surface area contributed by atoms with Crippen LogP contribution in [0.4, 0.5) is 0 Å². The van der Waals surface area contributed by atoms with Gasteiger partial charge in [0, 0.05) is 5.03 Å². The molecular formula is C5H7ClO2. The molecule has 2 nitrogen and oxygen atoms in total. The van der Waals surface area contributed by atoms with Crippen molar-refractivity contribution < 1.29 is 9.53 Å². The van der Waals surface area contributed by atoms with Crippen LogP contribution in [0, 0.1) is 0 Å². The van der Waals surface area contributed by atoms with Gasteiger partial charge in [-0.05, 0) is 0 Å². The summed E-state index contributed by atoms with van der Waals surface area (Å²) in [6.07, 6.45) is 0.0953. The van der Waals surface area contributed by atoms with E-state index in [1.54, 1.807) is 0 Å². The summed E-state index contributed by atoms with van der Waals surface area (Å²) in [5.74, 6) is -0.356. The number of methoxy groups -OCH3 is 1. The predicted octanol–water partition coefficient (Wildman–Crippen LogP) is 1.30. The maximum atomic E-state index is 10.3. The fraction of sp³-hybridized carbons (Fsp3) is 0.400. The van der Waals surface area contributed by atoms with Crippen molar-refractivity contribution in [2.24, 2.45) is 0 Å². The van der Waals surface area contributed by atoms with E-state index in [0.717, 1.165) is 0 Å². The van der Waals surface area contributed by atoms with E-state index in [2.05, 4.69) is 11.3 Å². The van der Waals surface area contributed by atoms with Gasteiger partial charge in [-0.3, -0.25) is 4.79 Å². The average molecular weight is 135 g/mol. The van der Waals surface area contributed by atoms with Crippen LogP contribution in [0.5, 0.6) is 0 Å². The van der Waals surface area contributed by atoms with Crippen molar-refractivity contribution in [1.29, 1.82) is 0 Å². The van der Waals surface area contributed by atoms with E-state index in [-0.39, 0.29) is 12.4 Å². The molecule has 0 saturated carbocycles. The van der Waals surface area contributed by atoms with Crippen LogP contribution in [0.1, 0.15) is 6.42 Å². The third-order valence-corrected chi connectivity index (χ3v) is 0.697. The highest BCUT2D eigenvalue weighted by Gasteiger charge is 1.98. The highest BCUT2D eigenvalue weighted by Crippen LogP contribution is 2.02. The fourth-order valence-corrected chi connectivity index (χ4v) is 0.338. The molecular weight excluding hydrogens is 128 g/mol. The highest BCUT2D eigenvalue weighted by atomic mass is 35.5. The molecule has 0 aliphatic rings. The Bertz CT molecular complexity index is 109. The zero-order valence-electron chi connectivity index (χ0n) is 4.61. The van der Waals surface area contributed by atoms with Gasteiger partial charge in [0.05, 0.1) is 13.5 Å². The molecule has 0 rings (SSSR count). The molecule has 0 N–H and O–H groups in total. The molecule has 0 aliphatic heterocycles. The first-order chi connectivity index (χ1) is 3.66. The Hall–Kier alpha value is -0.500. The summed E-state index contributed by atoms with van der Waals surface area (Å²) in [6.45, 7) is 3.31. The molecule has 0 radical (unpaired) electrons. The smallest absolute Gasteiger partial charge is 0.310 e. The summed E-state index contributed by atoms with van der Waals surface area (Å²) in [5, 5.41) is 0.303. The molecule has 0 aromatic rings. The van der Waals surface area contributed by atoms with E-state index in [1.807, 2.05) is 0 Å². The second-order valence-electron chi connectivity index (χ2n) is 1.27. The molecule has 0 bridgehead atoms. The minimum atomic E-state index is -0.356. The first-order valence-corrected chi connectivity index (χ1v) is 2.44. The van der Waals surface area contributed by atoms with Crippen molar-refractivity contribution in [2.45, 2.75) is 6.42 Å². The quantitative estimate of drug-likeness (QED) is 0.533. The van der Waals surface area contributed by atoms with E-state index in [4.69, 9.17) is 11.6 Å². The molecule has 0 unspecified atom stereocenters. The zero-order valence-corrected chi connectivity index (χ0v) is 5.36. The monoisotopic (exact) mass is 134 g/mol. The summed E-state index contributed by atoms with van der Waals surface area (Å²) in [7, 11) is 1.31. The van der Waals surface area contributed by atoms with Gasteiger partial charge in [-0.2, -0.15) is 0 Å². The predicted molar refractivity (Wildman–Crippen MR) is 31.6 cm³/mol. The zero-order chi connectivity index (χ0) is 6.57. The maximum absolute atomic E-state index is 10.3. The molecule has 0 spiro atoms. The summed E-state index contributed by atoms with van der Waals surface area (Å²) in [5.41, 5.74) is 0. The average Bonchev–Trinajstić information content (AvgIpc) is 1.65. The molecule has 0 aromatic heterocycles. The van der Waals surface area contributed by atoms with Gasteiger partial charge < -0.3 is 4.74 Å². The maximum Gasteiger partial charge on any atom is 0.310 e. The van der Waals surface area contributed by atoms with E-state index >= 15 is 0 Å². The number of esters is 1. The van der Waals surface area contributed by atoms with E-state index in [0.29, 0.717) is 5.03 Å². The molecule has 0 atom stereocenters. The van der Waals surface area contributed by atoms with Gasteiger partial charge in [-0.25, -0.2) is 0 Å². The topological polar surface area (TPSA) is 26.3 Å². The number of ether oxygens (including phenoxy) is 1. The Morgan fingerprint density at radius 3 is 2.50 bits per heavy atom. The lowest BCUT2D eigenvalue weighted by Gasteiger charge is -1.92. The van der Waals surface area contributed by atoms with E-state index in [1.165, 1.54) is 7.11 Å². The lowest BCUT2D eigenvalue weighted by molar-refractivity contribution is -0.139. The molecule has 46 valence electrons. The van der Waals surface area contributed by atoms with Crippen molar-refractivity contribution in [3.63, 3.8) is 0 Å². The van der Waals surface area contributed by atoms with E-state index in [9.17, 15) is 4.79 Å². The second kappa shape index (κ2) is 3.50. The van der Waals surface area contributed by atoms with Gasteiger partial charge in [-0.1, -0.05) is 18.2 Å². The molecule has 3 heteroatoms. The van der Waals surface area contributed by atoms with Crippen molar-refractivity contribution >= 4 is 17.6 Å². The van der Waals surface area contributed by atoms with Crippen molar-refractivity contribution in [2.75, 3.05) is 7.11 Å². The number of carbonyl (C=O) groups is 1. The number of rotatable bonds is 2. The Balaban J connectivity index is 3.40. The summed E-state index contributed by atoms with van der Waals surface area (Å²) in [4.78, 5) is 10.3. The van der Waals surface area contributed by atoms with Gasteiger partial charge in [0.1, 0.15) is 0 Å². The van der Waals surface area contributed by atoms with Crippen LogP contribution in [-0.4, -0.2) is 13.1 Å². The van der Waals surface area contributed by atoms with Crippen LogP contribution in [0.2, 0.25) is 0 Å². The molecule has 8 heavy (non-hydrogen) atoms. The van der Waals surface area contributed by atoms with Crippen LogP contribution in [0.25, 0.3) is 0 Å². The summed E-state index contributed by atoms with van der Waals surface area (Å²) >= 11 is 5.26. The fourth-order valence-electron chi connectivity index (χ4n) is 0.229.